The van der Waals surface area contributed by atoms with Crippen LogP contribution in [0.2, 0.25) is 5.02 Å². The average molecular weight is 396 g/mol. The molecule has 1 heterocycles. The van der Waals surface area contributed by atoms with E-state index >= 15 is 0 Å². The lowest BCUT2D eigenvalue weighted by molar-refractivity contribution is 0.306. The number of benzene rings is 3. The second-order valence-electron chi connectivity index (χ2n) is 6.48. The quantitative estimate of drug-likeness (QED) is 0.451. The molecule has 0 fully saturated rings. The number of aromatic amines is 1. The van der Waals surface area contributed by atoms with Gasteiger partial charge in [0.25, 0.3) is 0 Å². The first-order chi connectivity index (χ1) is 13.7. The molecular formula is C22H19ClFN3O. The summed E-state index contributed by atoms with van der Waals surface area (Å²) < 4.78 is 18.9. The van der Waals surface area contributed by atoms with Crippen LogP contribution < -0.4 is 10.1 Å². The van der Waals surface area contributed by atoms with Crippen molar-refractivity contribution in [1.29, 1.82) is 0 Å². The molecule has 4 rings (SSSR count). The molecule has 0 saturated carbocycles. The molecule has 0 spiro atoms. The van der Waals surface area contributed by atoms with Crippen molar-refractivity contribution in [1.82, 2.24) is 15.3 Å². The minimum atomic E-state index is -0.355. The number of H-pyrrole nitrogens is 1. The predicted octanol–water partition coefficient (Wildman–Crippen LogP) is 5.22. The van der Waals surface area contributed by atoms with Crippen LogP contribution in [0.25, 0.3) is 11.0 Å². The van der Waals surface area contributed by atoms with Crippen molar-refractivity contribution in [3.8, 4) is 5.75 Å². The van der Waals surface area contributed by atoms with Crippen molar-refractivity contribution in [2.24, 2.45) is 0 Å². The van der Waals surface area contributed by atoms with E-state index in [2.05, 4.69) is 15.3 Å². The maximum atomic E-state index is 13.1. The van der Waals surface area contributed by atoms with E-state index in [1.165, 1.54) is 12.1 Å². The van der Waals surface area contributed by atoms with Crippen LogP contribution in [-0.4, -0.2) is 9.97 Å². The fraction of sp³-hybridized carbons (Fsp3) is 0.136. The Balaban J connectivity index is 1.33. The number of imidazole rings is 1. The Morgan fingerprint density at radius 2 is 1.89 bits per heavy atom. The van der Waals surface area contributed by atoms with Crippen molar-refractivity contribution < 1.29 is 9.13 Å². The van der Waals surface area contributed by atoms with Crippen LogP contribution in [0.1, 0.15) is 17.0 Å². The number of hydrogen-bond acceptors (Lipinski definition) is 3. The molecule has 3 aromatic carbocycles. The highest BCUT2D eigenvalue weighted by molar-refractivity contribution is 6.31. The average Bonchev–Trinajstić information content (AvgIpc) is 3.10. The molecule has 0 bridgehead atoms. The Labute approximate surface area is 167 Å². The van der Waals surface area contributed by atoms with Crippen molar-refractivity contribution in [2.45, 2.75) is 19.7 Å². The third-order valence-electron chi connectivity index (χ3n) is 4.37. The Morgan fingerprint density at radius 3 is 2.75 bits per heavy atom. The van der Waals surface area contributed by atoms with Gasteiger partial charge in [0.2, 0.25) is 0 Å². The second-order valence-corrected chi connectivity index (χ2v) is 6.88. The fourth-order valence-corrected chi connectivity index (χ4v) is 3.18. The van der Waals surface area contributed by atoms with E-state index < -0.39 is 0 Å². The summed E-state index contributed by atoms with van der Waals surface area (Å²) in [7, 11) is 0. The Bertz CT molecular complexity index is 1060. The zero-order chi connectivity index (χ0) is 19.3. The number of rotatable bonds is 7. The zero-order valence-corrected chi connectivity index (χ0v) is 15.8. The molecule has 0 atom stereocenters. The summed E-state index contributed by atoms with van der Waals surface area (Å²) in [6.45, 7) is 1.62. The number of hydrogen-bond donors (Lipinski definition) is 2. The molecule has 0 aliphatic rings. The number of fused-ring (bicyclic) bond motifs is 1. The maximum absolute atomic E-state index is 13.1. The highest BCUT2D eigenvalue weighted by Crippen LogP contribution is 2.21. The number of aromatic nitrogens is 2. The summed E-state index contributed by atoms with van der Waals surface area (Å²) in [5.74, 6) is 1.29. The largest absolute Gasteiger partial charge is 0.489 e. The normalized spacial score (nSPS) is 11.1. The third kappa shape index (κ3) is 4.50. The molecule has 0 radical (unpaired) electrons. The molecule has 0 saturated heterocycles. The van der Waals surface area contributed by atoms with E-state index in [9.17, 15) is 4.39 Å². The van der Waals surface area contributed by atoms with Gasteiger partial charge in [-0.05, 0) is 42.0 Å². The van der Waals surface area contributed by atoms with Crippen LogP contribution in [0, 0.1) is 5.82 Å². The third-order valence-corrected chi connectivity index (χ3v) is 4.72. The van der Waals surface area contributed by atoms with Gasteiger partial charge < -0.3 is 15.0 Å². The molecule has 4 aromatic rings. The first-order valence-electron chi connectivity index (χ1n) is 8.97. The topological polar surface area (TPSA) is 49.9 Å². The van der Waals surface area contributed by atoms with Gasteiger partial charge in [-0.3, -0.25) is 0 Å². The summed E-state index contributed by atoms with van der Waals surface area (Å²) in [5, 5.41) is 3.75. The smallest absolute Gasteiger partial charge is 0.124 e. The van der Waals surface area contributed by atoms with E-state index in [4.69, 9.17) is 16.3 Å². The van der Waals surface area contributed by atoms with Crippen molar-refractivity contribution in [3.63, 3.8) is 0 Å². The molecule has 142 valence electrons. The summed E-state index contributed by atoms with van der Waals surface area (Å²) in [4.78, 5) is 7.86. The van der Waals surface area contributed by atoms with Crippen LogP contribution in [0.15, 0.2) is 66.7 Å². The van der Waals surface area contributed by atoms with Gasteiger partial charge in [-0.1, -0.05) is 41.9 Å². The minimum absolute atomic E-state index is 0.287. The molecule has 2 N–H and O–H groups in total. The van der Waals surface area contributed by atoms with Crippen LogP contribution in [-0.2, 0) is 19.7 Å². The number of nitrogens with zero attached hydrogens (tertiary/aromatic N) is 1. The SMILES string of the molecule is Fc1ccc(COc2cccc(CNCc3nc4ccccc4[nH]3)c2)c(Cl)c1. The summed E-state index contributed by atoms with van der Waals surface area (Å²) in [6.07, 6.45) is 0. The van der Waals surface area contributed by atoms with Crippen LogP contribution in [0.4, 0.5) is 4.39 Å². The molecular weight excluding hydrogens is 377 g/mol. The van der Waals surface area contributed by atoms with Gasteiger partial charge in [0.05, 0.1) is 22.6 Å². The van der Waals surface area contributed by atoms with Gasteiger partial charge >= 0.3 is 0 Å². The van der Waals surface area contributed by atoms with Gasteiger partial charge in [0, 0.05) is 12.1 Å². The van der Waals surface area contributed by atoms with E-state index in [-0.39, 0.29) is 12.4 Å². The molecule has 0 aliphatic heterocycles. The lowest BCUT2D eigenvalue weighted by Gasteiger charge is -2.10. The summed E-state index contributed by atoms with van der Waals surface area (Å²) in [5.41, 5.74) is 3.85. The highest BCUT2D eigenvalue weighted by Gasteiger charge is 2.05. The number of ether oxygens (including phenoxy) is 1. The Kier molecular flexibility index (Phi) is 5.55. The number of nitrogens with one attached hydrogen (secondary N) is 2. The summed E-state index contributed by atoms with van der Waals surface area (Å²) in [6, 6.07) is 20.1. The first kappa shape index (κ1) is 18.5. The maximum Gasteiger partial charge on any atom is 0.124 e. The molecule has 0 unspecified atom stereocenters. The van der Waals surface area contributed by atoms with E-state index in [0.717, 1.165) is 33.7 Å². The van der Waals surface area contributed by atoms with Crippen molar-refractivity contribution in [3.05, 3.63) is 94.5 Å². The first-order valence-corrected chi connectivity index (χ1v) is 9.35. The Hall–Kier alpha value is -2.89. The van der Waals surface area contributed by atoms with Crippen molar-refractivity contribution >= 4 is 22.6 Å². The van der Waals surface area contributed by atoms with Gasteiger partial charge in [0.1, 0.15) is 24.0 Å². The highest BCUT2D eigenvalue weighted by atomic mass is 35.5. The number of halogens is 2. The van der Waals surface area contributed by atoms with Crippen LogP contribution >= 0.6 is 11.6 Å². The lowest BCUT2D eigenvalue weighted by atomic mass is 10.2. The molecule has 0 amide bonds. The Morgan fingerprint density at radius 1 is 1.00 bits per heavy atom. The van der Waals surface area contributed by atoms with E-state index in [1.807, 2.05) is 48.5 Å². The van der Waals surface area contributed by atoms with E-state index in [0.29, 0.717) is 18.1 Å². The standard InChI is InChI=1S/C22H19ClFN3O/c23-19-11-17(24)9-8-16(19)14-28-18-5-3-4-15(10-18)12-25-13-22-26-20-6-1-2-7-21(20)27-22/h1-11,25H,12-14H2,(H,26,27). The van der Waals surface area contributed by atoms with Crippen LogP contribution in [0.3, 0.4) is 0 Å². The van der Waals surface area contributed by atoms with Gasteiger partial charge in [-0.25, -0.2) is 9.37 Å². The predicted molar refractivity (Wildman–Crippen MR) is 109 cm³/mol. The second kappa shape index (κ2) is 8.42. The van der Waals surface area contributed by atoms with Gasteiger partial charge in [-0.15, -0.1) is 0 Å². The monoisotopic (exact) mass is 395 g/mol. The fourth-order valence-electron chi connectivity index (χ4n) is 2.96. The minimum Gasteiger partial charge on any atom is -0.489 e. The van der Waals surface area contributed by atoms with Gasteiger partial charge in [0.15, 0.2) is 0 Å². The summed E-state index contributed by atoms with van der Waals surface area (Å²) >= 11 is 6.04. The molecule has 6 heteroatoms. The zero-order valence-electron chi connectivity index (χ0n) is 15.1. The van der Waals surface area contributed by atoms with Crippen molar-refractivity contribution in [2.75, 3.05) is 0 Å². The van der Waals surface area contributed by atoms with Gasteiger partial charge in [-0.2, -0.15) is 0 Å². The lowest BCUT2D eigenvalue weighted by Crippen LogP contribution is -2.13. The molecule has 28 heavy (non-hydrogen) atoms. The number of para-hydroxylation sites is 2. The van der Waals surface area contributed by atoms with E-state index in [1.54, 1.807) is 6.07 Å². The molecule has 0 aliphatic carbocycles. The van der Waals surface area contributed by atoms with Crippen LogP contribution in [0.5, 0.6) is 5.75 Å². The molecule has 4 nitrogen and oxygen atoms in total. The molecule has 1 aromatic heterocycles.